The zero-order valence-corrected chi connectivity index (χ0v) is 15.5. The molecule has 0 radical (unpaired) electrons. The summed E-state index contributed by atoms with van der Waals surface area (Å²) in [5.41, 5.74) is 1.49. The maximum absolute atomic E-state index is 12.4. The van der Waals surface area contributed by atoms with E-state index in [1.807, 2.05) is 17.5 Å². The van der Waals surface area contributed by atoms with Crippen molar-refractivity contribution in [3.8, 4) is 10.7 Å². The Hall–Kier alpha value is -3.26. The second-order valence-corrected chi connectivity index (χ2v) is 6.75. The summed E-state index contributed by atoms with van der Waals surface area (Å²) in [6, 6.07) is 10.9. The Labute approximate surface area is 160 Å². The summed E-state index contributed by atoms with van der Waals surface area (Å²) in [5.74, 6) is 0.559. The molecule has 0 atom stereocenters. The molecule has 1 aromatic carbocycles. The Kier molecular flexibility index (Phi) is 5.77. The number of hydrogen-bond donors (Lipinski definition) is 1. The van der Waals surface area contributed by atoms with Gasteiger partial charge in [-0.25, -0.2) is 0 Å². The molecule has 0 saturated carbocycles. The van der Waals surface area contributed by atoms with Crippen molar-refractivity contribution in [3.05, 3.63) is 65.9 Å². The number of thiophene rings is 1. The number of likely N-dealkylation sites (N-methyl/N-ethyl adjacent to an activating group) is 1. The summed E-state index contributed by atoms with van der Waals surface area (Å²) in [6.45, 7) is 3.65. The van der Waals surface area contributed by atoms with Crippen LogP contribution < -0.4 is 5.32 Å². The lowest BCUT2D eigenvalue weighted by Crippen LogP contribution is -2.27. The number of carbonyl (C=O) groups is 2. The van der Waals surface area contributed by atoms with E-state index in [9.17, 15) is 9.59 Å². The molecular formula is C19H18N4O3S. The Morgan fingerprint density at radius 1 is 1.30 bits per heavy atom. The van der Waals surface area contributed by atoms with Crippen LogP contribution in [-0.2, 0) is 22.6 Å². The van der Waals surface area contributed by atoms with Gasteiger partial charge in [0.2, 0.25) is 23.5 Å². The summed E-state index contributed by atoms with van der Waals surface area (Å²) >= 11 is 1.53. The Morgan fingerprint density at radius 3 is 2.74 bits per heavy atom. The molecule has 0 aliphatic heterocycles. The highest BCUT2D eigenvalue weighted by molar-refractivity contribution is 7.13. The molecule has 0 spiro atoms. The van der Waals surface area contributed by atoms with Crippen LogP contribution in [0.2, 0.25) is 0 Å². The second-order valence-electron chi connectivity index (χ2n) is 5.81. The van der Waals surface area contributed by atoms with Crippen LogP contribution in [0.4, 0.5) is 5.69 Å². The molecule has 1 N–H and O–H groups in total. The summed E-state index contributed by atoms with van der Waals surface area (Å²) < 4.78 is 5.23. The van der Waals surface area contributed by atoms with E-state index < -0.39 is 0 Å². The van der Waals surface area contributed by atoms with E-state index in [0.717, 1.165) is 10.4 Å². The zero-order chi connectivity index (χ0) is 19.2. The maximum Gasteiger partial charge on any atom is 0.247 e. The van der Waals surface area contributed by atoms with Crippen LogP contribution in [0, 0.1) is 0 Å². The van der Waals surface area contributed by atoms with Crippen LogP contribution >= 0.6 is 11.3 Å². The fourth-order valence-electron chi connectivity index (χ4n) is 2.32. The number of anilines is 1. The van der Waals surface area contributed by atoms with E-state index in [1.54, 1.807) is 36.2 Å². The summed E-state index contributed by atoms with van der Waals surface area (Å²) in [4.78, 5) is 30.5. The van der Waals surface area contributed by atoms with Crippen molar-refractivity contribution in [2.45, 2.75) is 13.0 Å². The first-order chi connectivity index (χ1) is 13.0. The highest BCUT2D eigenvalue weighted by atomic mass is 32.1. The molecule has 7 nitrogen and oxygen atoms in total. The number of aromatic nitrogens is 2. The quantitative estimate of drug-likeness (QED) is 0.634. The molecule has 0 bridgehead atoms. The van der Waals surface area contributed by atoms with Crippen molar-refractivity contribution < 1.29 is 14.1 Å². The van der Waals surface area contributed by atoms with Gasteiger partial charge in [0, 0.05) is 12.7 Å². The number of nitrogens with one attached hydrogen (secondary N) is 1. The minimum atomic E-state index is -0.278. The van der Waals surface area contributed by atoms with Crippen LogP contribution in [0.5, 0.6) is 0 Å². The molecule has 0 aliphatic carbocycles. The highest BCUT2D eigenvalue weighted by Crippen LogP contribution is 2.21. The van der Waals surface area contributed by atoms with Crippen molar-refractivity contribution in [2.24, 2.45) is 0 Å². The molecule has 0 saturated heterocycles. The molecule has 0 fully saturated rings. The summed E-state index contributed by atoms with van der Waals surface area (Å²) in [5, 5.41) is 8.54. The number of nitrogens with zero attached hydrogens (tertiary/aromatic N) is 3. The van der Waals surface area contributed by atoms with Gasteiger partial charge in [-0.2, -0.15) is 4.98 Å². The second kappa shape index (κ2) is 8.41. The number of benzene rings is 1. The van der Waals surface area contributed by atoms with E-state index in [2.05, 4.69) is 22.0 Å². The number of hydrogen-bond acceptors (Lipinski definition) is 6. The Balaban J connectivity index is 1.56. The fourth-order valence-corrected chi connectivity index (χ4v) is 2.97. The average molecular weight is 382 g/mol. The average Bonchev–Trinajstić information content (AvgIpc) is 3.34. The molecule has 2 aromatic heterocycles. The van der Waals surface area contributed by atoms with E-state index >= 15 is 0 Å². The Morgan fingerprint density at radius 2 is 2.07 bits per heavy atom. The molecule has 3 aromatic rings. The van der Waals surface area contributed by atoms with Crippen molar-refractivity contribution in [1.82, 2.24) is 15.0 Å². The van der Waals surface area contributed by atoms with Gasteiger partial charge in [-0.1, -0.05) is 29.9 Å². The lowest BCUT2D eigenvalue weighted by molar-refractivity contribution is -0.130. The summed E-state index contributed by atoms with van der Waals surface area (Å²) in [7, 11) is 1.69. The normalized spacial score (nSPS) is 10.4. The van der Waals surface area contributed by atoms with Gasteiger partial charge in [-0.15, -0.1) is 11.3 Å². The minimum Gasteiger partial charge on any atom is -0.337 e. The lowest BCUT2D eigenvalue weighted by atomic mass is 10.1. The molecule has 8 heteroatoms. The van der Waals surface area contributed by atoms with Crippen LogP contribution in [0.25, 0.3) is 10.7 Å². The van der Waals surface area contributed by atoms with Crippen LogP contribution in [-0.4, -0.2) is 33.9 Å². The Bertz CT molecular complexity index is 932. The van der Waals surface area contributed by atoms with Gasteiger partial charge in [0.25, 0.3) is 0 Å². The molecule has 0 unspecified atom stereocenters. The zero-order valence-electron chi connectivity index (χ0n) is 14.7. The van der Waals surface area contributed by atoms with Gasteiger partial charge in [-0.05, 0) is 35.2 Å². The van der Waals surface area contributed by atoms with Crippen molar-refractivity contribution in [3.63, 3.8) is 0 Å². The smallest absolute Gasteiger partial charge is 0.247 e. The molecule has 2 amide bonds. The molecule has 2 heterocycles. The largest absolute Gasteiger partial charge is 0.337 e. The van der Waals surface area contributed by atoms with Crippen molar-refractivity contribution in [2.75, 3.05) is 12.4 Å². The lowest BCUT2D eigenvalue weighted by Gasteiger charge is -2.14. The van der Waals surface area contributed by atoms with E-state index in [1.165, 1.54) is 17.4 Å². The van der Waals surface area contributed by atoms with Gasteiger partial charge < -0.3 is 14.7 Å². The van der Waals surface area contributed by atoms with Gasteiger partial charge in [0.15, 0.2) is 0 Å². The van der Waals surface area contributed by atoms with Crippen LogP contribution in [0.15, 0.2) is 59.0 Å². The fraction of sp³-hybridized carbons (Fsp3) is 0.158. The molecular weight excluding hydrogens is 364 g/mol. The SMILES string of the molecule is C=CC(=O)Nc1ccc(CC(=O)N(C)Cc2nc(-c3cccs3)no2)cc1. The first-order valence-corrected chi connectivity index (χ1v) is 9.06. The first kappa shape index (κ1) is 18.5. The number of amides is 2. The van der Waals surface area contributed by atoms with Gasteiger partial charge in [0.05, 0.1) is 17.8 Å². The van der Waals surface area contributed by atoms with Gasteiger partial charge in [-0.3, -0.25) is 9.59 Å². The van der Waals surface area contributed by atoms with Gasteiger partial charge >= 0.3 is 0 Å². The van der Waals surface area contributed by atoms with Crippen LogP contribution in [0.3, 0.4) is 0 Å². The van der Waals surface area contributed by atoms with E-state index in [0.29, 0.717) is 17.4 Å². The molecule has 138 valence electrons. The van der Waals surface area contributed by atoms with Gasteiger partial charge in [0.1, 0.15) is 0 Å². The maximum atomic E-state index is 12.4. The molecule has 3 rings (SSSR count). The monoisotopic (exact) mass is 382 g/mol. The number of rotatable bonds is 7. The minimum absolute atomic E-state index is 0.0752. The van der Waals surface area contributed by atoms with Crippen LogP contribution in [0.1, 0.15) is 11.5 Å². The van der Waals surface area contributed by atoms with E-state index in [-0.39, 0.29) is 24.8 Å². The molecule has 27 heavy (non-hydrogen) atoms. The standard InChI is InChI=1S/C19H18N4O3S/c1-3-16(24)20-14-8-6-13(7-9-14)11-18(25)23(2)12-17-21-19(22-26-17)15-5-4-10-27-15/h3-10H,1,11-12H2,2H3,(H,20,24). The summed E-state index contributed by atoms with van der Waals surface area (Å²) in [6.07, 6.45) is 1.44. The third-order valence-electron chi connectivity index (χ3n) is 3.77. The molecule has 0 aliphatic rings. The third kappa shape index (κ3) is 4.89. The van der Waals surface area contributed by atoms with Crippen molar-refractivity contribution >= 4 is 28.8 Å². The highest BCUT2D eigenvalue weighted by Gasteiger charge is 2.15. The predicted octanol–water partition coefficient (Wildman–Crippen LogP) is 3.12. The topological polar surface area (TPSA) is 88.3 Å². The van der Waals surface area contributed by atoms with E-state index in [4.69, 9.17) is 4.52 Å². The first-order valence-electron chi connectivity index (χ1n) is 8.18. The van der Waals surface area contributed by atoms with Crippen molar-refractivity contribution in [1.29, 1.82) is 0 Å². The predicted molar refractivity (Wildman–Crippen MR) is 103 cm³/mol. The third-order valence-corrected chi connectivity index (χ3v) is 4.64. The number of carbonyl (C=O) groups excluding carboxylic acids is 2.